The SMILES string of the molecule is CCC(COCCOCCOCC(COCCOCCOC)OCCOCCOC)OCCOCCOCCC(COCCOCCOC)OCCOCCOC.CS. The summed E-state index contributed by atoms with van der Waals surface area (Å²) in [7, 11) is 6.57. The fraction of sp³-hybridized carbons (Fsp3) is 1.00. The van der Waals surface area contributed by atoms with Crippen LogP contribution in [0.3, 0.4) is 0 Å². The van der Waals surface area contributed by atoms with Crippen molar-refractivity contribution in [2.45, 2.75) is 38.1 Å². The molecule has 0 heterocycles. The van der Waals surface area contributed by atoms with Crippen LogP contribution in [0, 0.1) is 0 Å². The minimum atomic E-state index is -0.232. The smallest absolute Gasteiger partial charge is 0.104 e. The number of rotatable bonds is 51. The summed E-state index contributed by atoms with van der Waals surface area (Å²) in [6.45, 7) is 16.1. The first-order valence-corrected chi connectivity index (χ1v) is 21.7. The molecule has 19 heteroatoms. The van der Waals surface area contributed by atoms with Crippen molar-refractivity contribution in [1.82, 2.24) is 0 Å². The Bertz CT molecular complexity index is 683. The molecule has 0 aliphatic carbocycles. The zero-order chi connectivity index (χ0) is 43.4. The number of thiol groups is 1. The third kappa shape index (κ3) is 50.2. The molecule has 3 unspecified atom stereocenters. The fourth-order valence-corrected chi connectivity index (χ4v) is 4.41. The fourth-order valence-electron chi connectivity index (χ4n) is 4.41. The highest BCUT2D eigenvalue weighted by atomic mass is 32.1. The summed E-state index contributed by atoms with van der Waals surface area (Å²) in [5, 5.41) is 0. The molecule has 3 atom stereocenters. The molecule has 0 rings (SSSR count). The van der Waals surface area contributed by atoms with Gasteiger partial charge in [0.25, 0.3) is 0 Å². The minimum absolute atomic E-state index is 0.0175. The number of hydrogen-bond donors (Lipinski definition) is 1. The first-order valence-electron chi connectivity index (χ1n) is 20.8. The van der Waals surface area contributed by atoms with Crippen molar-refractivity contribution in [2.75, 3.05) is 226 Å². The highest BCUT2D eigenvalue weighted by molar-refractivity contribution is 7.79. The summed E-state index contributed by atoms with van der Waals surface area (Å²) in [4.78, 5) is 0. The van der Waals surface area contributed by atoms with E-state index in [4.69, 9.17) is 85.3 Å². The van der Waals surface area contributed by atoms with Crippen LogP contribution in [-0.4, -0.2) is 245 Å². The van der Waals surface area contributed by atoms with Gasteiger partial charge in [0, 0.05) is 35.0 Å². The third-order valence-corrected chi connectivity index (χ3v) is 7.59. The van der Waals surface area contributed by atoms with Crippen LogP contribution < -0.4 is 0 Å². The van der Waals surface area contributed by atoms with Crippen LogP contribution >= 0.6 is 12.6 Å². The molecule has 0 aliphatic rings. The summed E-state index contributed by atoms with van der Waals surface area (Å²) in [5.41, 5.74) is 0. The minimum Gasteiger partial charge on any atom is -0.382 e. The van der Waals surface area contributed by atoms with Crippen LogP contribution in [-0.2, 0) is 85.3 Å². The molecule has 358 valence electrons. The van der Waals surface area contributed by atoms with Crippen molar-refractivity contribution in [3.8, 4) is 0 Å². The van der Waals surface area contributed by atoms with Gasteiger partial charge in [-0.1, -0.05) is 6.92 Å². The lowest BCUT2D eigenvalue weighted by atomic mass is 10.3. The first-order chi connectivity index (χ1) is 29.2. The van der Waals surface area contributed by atoms with Gasteiger partial charge >= 0.3 is 0 Å². The molecule has 0 radical (unpaired) electrons. The van der Waals surface area contributed by atoms with E-state index in [2.05, 4.69) is 19.6 Å². The molecule has 0 fully saturated rings. The lowest BCUT2D eigenvalue weighted by Crippen LogP contribution is -2.29. The monoisotopic (exact) mass is 885 g/mol. The van der Waals surface area contributed by atoms with E-state index >= 15 is 0 Å². The predicted octanol–water partition coefficient (Wildman–Crippen LogP) is 2.26. The van der Waals surface area contributed by atoms with E-state index in [1.54, 1.807) is 34.7 Å². The van der Waals surface area contributed by atoms with Gasteiger partial charge in [-0.3, -0.25) is 0 Å². The van der Waals surface area contributed by atoms with Crippen LogP contribution in [0.15, 0.2) is 0 Å². The van der Waals surface area contributed by atoms with Gasteiger partial charge in [-0.05, 0) is 19.1 Å². The predicted molar refractivity (Wildman–Crippen MR) is 226 cm³/mol. The van der Waals surface area contributed by atoms with Gasteiger partial charge in [0.05, 0.1) is 197 Å². The van der Waals surface area contributed by atoms with Gasteiger partial charge in [-0.25, -0.2) is 0 Å². The second kappa shape index (κ2) is 55.6. The second-order valence-electron chi connectivity index (χ2n) is 12.2. The molecule has 0 spiro atoms. The van der Waals surface area contributed by atoms with Crippen molar-refractivity contribution in [3.05, 3.63) is 0 Å². The normalized spacial score (nSPS) is 13.1. The van der Waals surface area contributed by atoms with Gasteiger partial charge in [0.2, 0.25) is 0 Å². The summed E-state index contributed by atoms with van der Waals surface area (Å²) in [6.07, 6.45) is 2.85. The Hall–Kier alpha value is -0.370. The zero-order valence-corrected chi connectivity index (χ0v) is 38.3. The molecule has 0 saturated heterocycles. The number of ether oxygens (including phenoxy) is 18. The van der Waals surface area contributed by atoms with E-state index in [1.165, 1.54) is 0 Å². The molecule has 0 aliphatic heterocycles. The van der Waals surface area contributed by atoms with Crippen LogP contribution in [0.1, 0.15) is 19.8 Å². The number of hydrogen-bond acceptors (Lipinski definition) is 19. The van der Waals surface area contributed by atoms with Crippen molar-refractivity contribution >= 4 is 12.6 Å². The quantitative estimate of drug-likeness (QED) is 0.0698. The Morgan fingerprint density at radius 2 is 0.508 bits per heavy atom. The maximum Gasteiger partial charge on any atom is 0.104 e. The topological polar surface area (TPSA) is 166 Å². The molecular formula is C40H84O18S. The zero-order valence-electron chi connectivity index (χ0n) is 37.4. The van der Waals surface area contributed by atoms with E-state index in [0.717, 1.165) is 6.42 Å². The maximum absolute atomic E-state index is 5.95. The molecule has 0 aromatic heterocycles. The average molecular weight is 885 g/mol. The molecule has 18 nitrogen and oxygen atoms in total. The second-order valence-corrected chi connectivity index (χ2v) is 12.2. The summed E-state index contributed by atoms with van der Waals surface area (Å²) in [6, 6.07) is 0. The van der Waals surface area contributed by atoms with Gasteiger partial charge in [-0.2, -0.15) is 12.6 Å². The van der Waals surface area contributed by atoms with Gasteiger partial charge in [0.15, 0.2) is 0 Å². The first kappa shape index (κ1) is 60.7. The Morgan fingerprint density at radius 1 is 0.271 bits per heavy atom. The molecule has 0 saturated carbocycles. The molecular weight excluding hydrogens is 800 g/mol. The molecule has 59 heavy (non-hydrogen) atoms. The standard InChI is InChI=1S/C39H80O18.CH4S/c1-6-37(33-51-23-21-49-22-26-54-36-39(57-32-29-48-16-12-43-5)35-53-25-20-46-14-10-41-3)55-30-27-50-18-17-44-8-7-38(56-31-28-47-15-11-42-4)34-52-24-19-45-13-9-40-2;1-2/h37-39H,6-36H2,1-5H3;2H,1H3. The van der Waals surface area contributed by atoms with Crippen LogP contribution in [0.4, 0.5) is 0 Å². The Labute approximate surface area is 361 Å². The Morgan fingerprint density at radius 3 is 0.847 bits per heavy atom. The largest absolute Gasteiger partial charge is 0.382 e. The van der Waals surface area contributed by atoms with Crippen LogP contribution in [0.5, 0.6) is 0 Å². The summed E-state index contributed by atoms with van der Waals surface area (Å²) in [5.74, 6) is 0. The highest BCUT2D eigenvalue weighted by Crippen LogP contribution is 2.03. The molecule has 0 aromatic rings. The number of methoxy groups -OCH3 is 4. The average Bonchev–Trinajstić information content (AvgIpc) is 3.26. The van der Waals surface area contributed by atoms with E-state index in [-0.39, 0.29) is 18.3 Å². The van der Waals surface area contributed by atoms with E-state index in [0.29, 0.717) is 198 Å². The van der Waals surface area contributed by atoms with Crippen LogP contribution in [0.25, 0.3) is 0 Å². The molecule has 0 amide bonds. The Kier molecular flexibility index (Phi) is 57.3. The lowest BCUT2D eigenvalue weighted by molar-refractivity contribution is -0.0871. The van der Waals surface area contributed by atoms with Crippen molar-refractivity contribution < 1.29 is 85.3 Å². The Balaban J connectivity index is 0. The van der Waals surface area contributed by atoms with Crippen molar-refractivity contribution in [3.63, 3.8) is 0 Å². The summed E-state index contributed by atoms with van der Waals surface area (Å²) >= 11 is 3.53. The van der Waals surface area contributed by atoms with Crippen molar-refractivity contribution in [1.29, 1.82) is 0 Å². The summed E-state index contributed by atoms with van der Waals surface area (Å²) < 4.78 is 99.6. The van der Waals surface area contributed by atoms with Crippen molar-refractivity contribution in [2.24, 2.45) is 0 Å². The molecule has 0 bridgehead atoms. The maximum atomic E-state index is 5.95. The van der Waals surface area contributed by atoms with E-state index < -0.39 is 0 Å². The lowest BCUT2D eigenvalue weighted by Gasteiger charge is -2.19. The van der Waals surface area contributed by atoms with Crippen LogP contribution in [0.2, 0.25) is 0 Å². The van der Waals surface area contributed by atoms with E-state index in [9.17, 15) is 0 Å². The van der Waals surface area contributed by atoms with Gasteiger partial charge in [-0.15, -0.1) is 0 Å². The molecule has 0 N–H and O–H groups in total. The molecule has 0 aromatic carbocycles. The van der Waals surface area contributed by atoms with Gasteiger partial charge in [0.1, 0.15) is 6.10 Å². The third-order valence-electron chi connectivity index (χ3n) is 7.59. The van der Waals surface area contributed by atoms with E-state index in [1.807, 2.05) is 0 Å². The highest BCUT2D eigenvalue weighted by Gasteiger charge is 2.12. The van der Waals surface area contributed by atoms with Gasteiger partial charge < -0.3 is 85.3 Å².